The van der Waals surface area contributed by atoms with Crippen LogP contribution in [0, 0.1) is 0 Å². The molecule has 0 saturated heterocycles. The lowest BCUT2D eigenvalue weighted by molar-refractivity contribution is 0.558. The van der Waals surface area contributed by atoms with E-state index in [0.29, 0.717) is 5.92 Å². The van der Waals surface area contributed by atoms with E-state index < -0.39 is 0 Å². The zero-order chi connectivity index (χ0) is 21.8. The van der Waals surface area contributed by atoms with E-state index in [1.165, 1.54) is 108 Å². The van der Waals surface area contributed by atoms with E-state index in [4.69, 9.17) is 0 Å². The van der Waals surface area contributed by atoms with Gasteiger partial charge in [-0.05, 0) is 49.8 Å². The van der Waals surface area contributed by atoms with Gasteiger partial charge in [-0.2, -0.15) is 0 Å². The molecule has 1 aromatic heterocycles. The van der Waals surface area contributed by atoms with Crippen LogP contribution in [0.5, 0.6) is 0 Å². The Labute approximate surface area is 192 Å². The van der Waals surface area contributed by atoms with Crippen molar-refractivity contribution in [2.45, 2.75) is 109 Å². The Morgan fingerprint density at radius 1 is 0.645 bits per heavy atom. The molecule has 1 unspecified atom stereocenters. The Balaban J connectivity index is 1.50. The first-order valence-corrected chi connectivity index (χ1v) is 13.0. The molecule has 0 aliphatic heterocycles. The quantitative estimate of drug-likeness (QED) is 0.173. The Morgan fingerprint density at radius 3 is 1.84 bits per heavy atom. The number of aromatic nitrogens is 1. The highest BCUT2D eigenvalue weighted by Crippen LogP contribution is 2.28. The summed E-state index contributed by atoms with van der Waals surface area (Å²) in [6.07, 6.45) is 27.0. The summed E-state index contributed by atoms with van der Waals surface area (Å²) in [5.41, 5.74) is 2.61. The van der Waals surface area contributed by atoms with Gasteiger partial charge in [0.2, 0.25) is 0 Å². The highest BCUT2D eigenvalue weighted by atomic mass is 14.7. The van der Waals surface area contributed by atoms with E-state index in [1.54, 1.807) is 0 Å². The molecule has 0 bridgehead atoms. The lowest BCUT2D eigenvalue weighted by Crippen LogP contribution is -2.03. The van der Waals surface area contributed by atoms with Crippen molar-refractivity contribution >= 4 is 0 Å². The molecule has 1 atom stereocenters. The second-order valence-corrected chi connectivity index (χ2v) is 8.94. The van der Waals surface area contributed by atoms with E-state index >= 15 is 0 Å². The predicted octanol–water partition coefficient (Wildman–Crippen LogP) is 9.64. The Kier molecular flexibility index (Phi) is 14.5. The summed E-state index contributed by atoms with van der Waals surface area (Å²) in [4.78, 5) is 4.64. The molecule has 0 N–H and O–H groups in total. The fourth-order valence-electron chi connectivity index (χ4n) is 4.35. The normalized spacial score (nSPS) is 12.4. The average molecular weight is 420 g/mol. The lowest BCUT2D eigenvalue weighted by Gasteiger charge is -2.17. The van der Waals surface area contributed by atoms with Crippen molar-refractivity contribution in [3.63, 3.8) is 0 Å². The highest BCUT2D eigenvalue weighted by Gasteiger charge is 2.14. The minimum atomic E-state index is 0.430. The lowest BCUT2D eigenvalue weighted by atomic mass is 9.89. The van der Waals surface area contributed by atoms with Crippen LogP contribution in [0.4, 0.5) is 0 Å². The molecule has 0 amide bonds. The molecule has 0 radical (unpaired) electrons. The van der Waals surface area contributed by atoms with E-state index in [9.17, 15) is 0 Å². The number of nitrogens with zero attached hydrogens (tertiary/aromatic N) is 1. The van der Waals surface area contributed by atoms with Crippen LogP contribution in [-0.2, 0) is 0 Å². The fourth-order valence-corrected chi connectivity index (χ4v) is 4.35. The van der Waals surface area contributed by atoms with Crippen LogP contribution < -0.4 is 0 Å². The van der Waals surface area contributed by atoms with Crippen LogP contribution in [0.15, 0.2) is 66.9 Å². The van der Waals surface area contributed by atoms with Crippen LogP contribution in [0.2, 0.25) is 0 Å². The van der Waals surface area contributed by atoms with Gasteiger partial charge in [0, 0.05) is 17.8 Å². The topological polar surface area (TPSA) is 12.9 Å². The first-order valence-electron chi connectivity index (χ1n) is 13.0. The fraction of sp³-hybridized carbons (Fsp3) is 0.567. The molecule has 2 aromatic rings. The van der Waals surface area contributed by atoms with Gasteiger partial charge in [-0.25, -0.2) is 0 Å². The van der Waals surface area contributed by atoms with Gasteiger partial charge >= 0.3 is 0 Å². The molecule has 1 aromatic carbocycles. The first kappa shape index (κ1) is 25.4. The van der Waals surface area contributed by atoms with Crippen molar-refractivity contribution in [3.05, 3.63) is 78.1 Å². The average Bonchev–Trinajstić information content (AvgIpc) is 2.82. The number of allylic oxidation sites excluding steroid dienone is 2. The molecule has 1 heterocycles. The minimum Gasteiger partial charge on any atom is -0.261 e. The number of benzene rings is 1. The van der Waals surface area contributed by atoms with Crippen LogP contribution in [-0.4, -0.2) is 4.98 Å². The number of hydrogen-bond acceptors (Lipinski definition) is 1. The second-order valence-electron chi connectivity index (χ2n) is 8.94. The summed E-state index contributed by atoms with van der Waals surface area (Å²) in [5.74, 6) is 0.430. The molecule has 170 valence electrons. The summed E-state index contributed by atoms with van der Waals surface area (Å²) in [6, 6.07) is 17.2. The van der Waals surface area contributed by atoms with Crippen LogP contribution in [0.3, 0.4) is 0 Å². The van der Waals surface area contributed by atoms with Crippen molar-refractivity contribution in [1.29, 1.82) is 0 Å². The third-order valence-electron chi connectivity index (χ3n) is 6.25. The van der Waals surface area contributed by atoms with Gasteiger partial charge in [0.05, 0.1) is 0 Å². The maximum absolute atomic E-state index is 4.64. The van der Waals surface area contributed by atoms with E-state index in [1.807, 2.05) is 12.3 Å². The third kappa shape index (κ3) is 11.9. The molecule has 0 spiro atoms. The van der Waals surface area contributed by atoms with Gasteiger partial charge < -0.3 is 0 Å². The monoisotopic (exact) mass is 419 g/mol. The van der Waals surface area contributed by atoms with Crippen LogP contribution in [0.1, 0.15) is 120 Å². The van der Waals surface area contributed by atoms with Gasteiger partial charge in [-0.15, -0.1) is 0 Å². The van der Waals surface area contributed by atoms with Crippen molar-refractivity contribution in [2.24, 2.45) is 0 Å². The predicted molar refractivity (Wildman–Crippen MR) is 137 cm³/mol. The maximum Gasteiger partial charge on any atom is 0.0478 e. The largest absolute Gasteiger partial charge is 0.261 e. The van der Waals surface area contributed by atoms with Crippen LogP contribution in [0.25, 0.3) is 0 Å². The van der Waals surface area contributed by atoms with E-state index in [0.717, 1.165) is 0 Å². The van der Waals surface area contributed by atoms with Gasteiger partial charge in [0.1, 0.15) is 0 Å². The Hall–Kier alpha value is -1.89. The second kappa shape index (κ2) is 17.8. The zero-order valence-corrected chi connectivity index (χ0v) is 20.0. The molecule has 0 aliphatic carbocycles. The molecule has 2 rings (SSSR count). The molecular weight excluding hydrogens is 374 g/mol. The Morgan fingerprint density at radius 2 is 1.23 bits per heavy atom. The highest BCUT2D eigenvalue weighted by molar-refractivity contribution is 5.28. The molecule has 0 aliphatic rings. The minimum absolute atomic E-state index is 0.430. The molecule has 0 saturated carbocycles. The smallest absolute Gasteiger partial charge is 0.0478 e. The number of hydrogen-bond donors (Lipinski definition) is 0. The van der Waals surface area contributed by atoms with Crippen LogP contribution >= 0.6 is 0 Å². The summed E-state index contributed by atoms with van der Waals surface area (Å²) >= 11 is 0. The SMILES string of the molecule is CCCCCCCC/C=C\CCCCCCCCC(c1ccccc1)c1ccccn1. The standard InChI is InChI=1S/C30H45N/c1-2-3-4-5-6-7-8-9-10-11-12-13-14-15-16-20-25-29(28-23-18-17-19-24-28)30-26-21-22-27-31-30/h9-10,17-19,21-24,26-27,29H,2-8,11-16,20,25H2,1H3/b10-9-. The summed E-state index contributed by atoms with van der Waals surface area (Å²) in [6.45, 7) is 2.29. The van der Waals surface area contributed by atoms with E-state index in [2.05, 4.69) is 66.5 Å². The van der Waals surface area contributed by atoms with Gasteiger partial charge in [0.25, 0.3) is 0 Å². The number of unbranched alkanes of at least 4 members (excludes halogenated alkanes) is 12. The van der Waals surface area contributed by atoms with Gasteiger partial charge in [0.15, 0.2) is 0 Å². The van der Waals surface area contributed by atoms with Crippen molar-refractivity contribution in [3.8, 4) is 0 Å². The first-order chi connectivity index (χ1) is 15.4. The third-order valence-corrected chi connectivity index (χ3v) is 6.25. The Bertz CT molecular complexity index is 622. The number of rotatable bonds is 18. The molecular formula is C30H45N. The summed E-state index contributed by atoms with van der Waals surface area (Å²) in [5, 5.41) is 0. The zero-order valence-electron chi connectivity index (χ0n) is 20.0. The maximum atomic E-state index is 4.64. The molecule has 1 nitrogen and oxygen atoms in total. The van der Waals surface area contributed by atoms with Crippen molar-refractivity contribution in [2.75, 3.05) is 0 Å². The molecule has 0 fully saturated rings. The van der Waals surface area contributed by atoms with E-state index in [-0.39, 0.29) is 0 Å². The number of pyridine rings is 1. The molecule has 1 heteroatoms. The van der Waals surface area contributed by atoms with Gasteiger partial charge in [-0.1, -0.05) is 120 Å². The van der Waals surface area contributed by atoms with Crippen molar-refractivity contribution in [1.82, 2.24) is 4.98 Å². The molecule has 31 heavy (non-hydrogen) atoms. The van der Waals surface area contributed by atoms with Crippen molar-refractivity contribution < 1.29 is 0 Å². The van der Waals surface area contributed by atoms with Gasteiger partial charge in [-0.3, -0.25) is 4.98 Å². The summed E-state index contributed by atoms with van der Waals surface area (Å²) in [7, 11) is 0. The summed E-state index contributed by atoms with van der Waals surface area (Å²) < 4.78 is 0.